The third-order valence-electron chi connectivity index (χ3n) is 3.16. The summed E-state index contributed by atoms with van der Waals surface area (Å²) in [5.74, 6) is 1.72. The number of nitrogens with two attached hydrogens (primary N) is 1. The summed E-state index contributed by atoms with van der Waals surface area (Å²) >= 11 is 0. The van der Waals surface area contributed by atoms with Gasteiger partial charge in [0.1, 0.15) is 11.5 Å². The molecule has 0 unspecified atom stereocenters. The second-order valence-corrected chi connectivity index (χ2v) is 5.66. The van der Waals surface area contributed by atoms with Crippen molar-refractivity contribution in [1.29, 1.82) is 0 Å². The summed E-state index contributed by atoms with van der Waals surface area (Å²) < 4.78 is 5.70. The zero-order valence-corrected chi connectivity index (χ0v) is 13.0. The highest BCUT2D eigenvalue weighted by molar-refractivity contribution is 5.94. The Morgan fingerprint density at radius 2 is 1.64 bits per heavy atom. The van der Waals surface area contributed by atoms with E-state index in [2.05, 4.69) is 5.32 Å². The molecule has 116 valence electrons. The molecule has 0 heterocycles. The third-order valence-corrected chi connectivity index (χ3v) is 3.16. The predicted molar refractivity (Wildman–Crippen MR) is 89.0 cm³/mol. The fourth-order valence-corrected chi connectivity index (χ4v) is 2.08. The molecule has 1 amide bonds. The van der Waals surface area contributed by atoms with E-state index in [1.807, 2.05) is 56.3 Å². The first-order valence-electron chi connectivity index (χ1n) is 7.44. The fourth-order valence-electron chi connectivity index (χ4n) is 2.08. The largest absolute Gasteiger partial charge is 0.457 e. The highest BCUT2D eigenvalue weighted by Crippen LogP contribution is 2.22. The number of para-hydroxylation sites is 1. The number of rotatable bonds is 6. The minimum Gasteiger partial charge on any atom is -0.457 e. The van der Waals surface area contributed by atoms with Gasteiger partial charge in [-0.3, -0.25) is 4.79 Å². The Labute approximate surface area is 131 Å². The van der Waals surface area contributed by atoms with Gasteiger partial charge in [0, 0.05) is 5.69 Å². The second kappa shape index (κ2) is 7.61. The summed E-state index contributed by atoms with van der Waals surface area (Å²) in [7, 11) is 0. The molecular weight excluding hydrogens is 276 g/mol. The normalized spacial score (nSPS) is 12.0. The maximum atomic E-state index is 12.0. The molecule has 1 atom stereocenters. The fraction of sp³-hybridized carbons (Fsp3) is 0.278. The molecule has 4 nitrogen and oxygen atoms in total. The van der Waals surface area contributed by atoms with Crippen molar-refractivity contribution >= 4 is 11.6 Å². The van der Waals surface area contributed by atoms with Crippen LogP contribution in [0.4, 0.5) is 5.69 Å². The molecule has 2 aromatic rings. The van der Waals surface area contributed by atoms with Crippen molar-refractivity contribution in [2.75, 3.05) is 5.32 Å². The summed E-state index contributed by atoms with van der Waals surface area (Å²) in [5.41, 5.74) is 6.57. The summed E-state index contributed by atoms with van der Waals surface area (Å²) in [4.78, 5) is 12.0. The summed E-state index contributed by atoms with van der Waals surface area (Å²) in [6, 6.07) is 16.3. The summed E-state index contributed by atoms with van der Waals surface area (Å²) in [6.07, 6.45) is 0.668. The summed E-state index contributed by atoms with van der Waals surface area (Å²) in [5, 5.41) is 2.82. The average molecular weight is 298 g/mol. The van der Waals surface area contributed by atoms with E-state index < -0.39 is 6.04 Å². The van der Waals surface area contributed by atoms with Crippen molar-refractivity contribution in [2.24, 2.45) is 11.7 Å². The van der Waals surface area contributed by atoms with Gasteiger partial charge in [-0.25, -0.2) is 0 Å². The molecule has 2 rings (SSSR count). The van der Waals surface area contributed by atoms with Gasteiger partial charge in [0.2, 0.25) is 5.91 Å². The highest BCUT2D eigenvalue weighted by Gasteiger charge is 2.14. The third kappa shape index (κ3) is 4.90. The van der Waals surface area contributed by atoms with Crippen LogP contribution in [-0.2, 0) is 4.79 Å². The molecule has 0 aromatic heterocycles. The lowest BCUT2D eigenvalue weighted by Crippen LogP contribution is -2.36. The molecule has 4 heteroatoms. The average Bonchev–Trinajstić information content (AvgIpc) is 2.49. The molecule has 3 N–H and O–H groups in total. The predicted octanol–water partition coefficient (Wildman–Crippen LogP) is 3.79. The number of carbonyl (C=O) groups excluding carboxylic acids is 1. The van der Waals surface area contributed by atoms with Crippen LogP contribution in [-0.4, -0.2) is 11.9 Å². The molecule has 0 bridgehead atoms. The smallest absolute Gasteiger partial charge is 0.241 e. The van der Waals surface area contributed by atoms with Crippen LogP contribution in [0.15, 0.2) is 54.6 Å². The second-order valence-electron chi connectivity index (χ2n) is 5.66. The van der Waals surface area contributed by atoms with Crippen LogP contribution in [0, 0.1) is 5.92 Å². The van der Waals surface area contributed by atoms with Gasteiger partial charge in [-0.2, -0.15) is 0 Å². The molecule has 0 saturated heterocycles. The number of carbonyl (C=O) groups is 1. The van der Waals surface area contributed by atoms with E-state index >= 15 is 0 Å². The first-order valence-corrected chi connectivity index (χ1v) is 7.44. The van der Waals surface area contributed by atoms with Gasteiger partial charge in [0.05, 0.1) is 6.04 Å². The molecule has 0 saturated carbocycles. The molecule has 0 radical (unpaired) electrons. The molecular formula is C18H22N2O2. The van der Waals surface area contributed by atoms with Gasteiger partial charge < -0.3 is 15.8 Å². The number of hydrogen-bond donors (Lipinski definition) is 2. The van der Waals surface area contributed by atoms with Gasteiger partial charge in [-0.15, -0.1) is 0 Å². The lowest BCUT2D eigenvalue weighted by Gasteiger charge is -2.14. The van der Waals surface area contributed by atoms with E-state index in [-0.39, 0.29) is 5.91 Å². The molecule has 0 aliphatic heterocycles. The van der Waals surface area contributed by atoms with Crippen molar-refractivity contribution in [1.82, 2.24) is 0 Å². The highest BCUT2D eigenvalue weighted by atomic mass is 16.5. The molecule has 0 fully saturated rings. The van der Waals surface area contributed by atoms with Crippen molar-refractivity contribution in [3.8, 4) is 11.5 Å². The number of amides is 1. The van der Waals surface area contributed by atoms with Gasteiger partial charge in [-0.05, 0) is 48.7 Å². The maximum absolute atomic E-state index is 12.0. The number of hydrogen-bond acceptors (Lipinski definition) is 3. The molecule has 0 aliphatic rings. The number of nitrogens with one attached hydrogen (secondary N) is 1. The van der Waals surface area contributed by atoms with Gasteiger partial charge in [0.15, 0.2) is 0 Å². The zero-order chi connectivity index (χ0) is 15.9. The van der Waals surface area contributed by atoms with Gasteiger partial charge >= 0.3 is 0 Å². The van der Waals surface area contributed by atoms with Crippen LogP contribution in [0.5, 0.6) is 11.5 Å². The standard InChI is InChI=1S/C18H22N2O2/c1-13(2)12-17(19)18(21)20-14-8-10-16(11-9-14)22-15-6-4-3-5-7-15/h3-11,13,17H,12,19H2,1-2H3,(H,20,21)/t17-/m1/s1. The first-order chi connectivity index (χ1) is 10.5. The van der Waals surface area contributed by atoms with Crippen LogP contribution in [0.25, 0.3) is 0 Å². The van der Waals surface area contributed by atoms with E-state index in [0.717, 1.165) is 11.5 Å². The number of ether oxygens (including phenoxy) is 1. The van der Waals surface area contributed by atoms with E-state index in [4.69, 9.17) is 10.5 Å². The van der Waals surface area contributed by atoms with Crippen LogP contribution < -0.4 is 15.8 Å². The first kappa shape index (κ1) is 16.0. The lowest BCUT2D eigenvalue weighted by molar-refractivity contribution is -0.117. The van der Waals surface area contributed by atoms with E-state index in [1.54, 1.807) is 12.1 Å². The van der Waals surface area contributed by atoms with Crippen LogP contribution in [0.3, 0.4) is 0 Å². The van der Waals surface area contributed by atoms with Crippen LogP contribution in [0.2, 0.25) is 0 Å². The maximum Gasteiger partial charge on any atom is 0.241 e. The van der Waals surface area contributed by atoms with Gasteiger partial charge in [-0.1, -0.05) is 32.0 Å². The Morgan fingerprint density at radius 1 is 1.05 bits per heavy atom. The van der Waals surface area contributed by atoms with Crippen molar-refractivity contribution in [3.05, 3.63) is 54.6 Å². The molecule has 22 heavy (non-hydrogen) atoms. The van der Waals surface area contributed by atoms with Crippen LogP contribution in [0.1, 0.15) is 20.3 Å². The van der Waals surface area contributed by atoms with Crippen molar-refractivity contribution in [3.63, 3.8) is 0 Å². The molecule has 0 spiro atoms. The Kier molecular flexibility index (Phi) is 5.55. The Bertz CT molecular complexity index is 594. The Hall–Kier alpha value is -2.33. The summed E-state index contributed by atoms with van der Waals surface area (Å²) in [6.45, 7) is 4.09. The topological polar surface area (TPSA) is 64.4 Å². The minimum absolute atomic E-state index is 0.162. The number of benzene rings is 2. The number of anilines is 1. The monoisotopic (exact) mass is 298 g/mol. The SMILES string of the molecule is CC(C)C[C@@H](N)C(=O)Nc1ccc(Oc2ccccc2)cc1. The van der Waals surface area contributed by atoms with Crippen molar-refractivity contribution < 1.29 is 9.53 Å². The molecule has 0 aliphatic carbocycles. The van der Waals surface area contributed by atoms with E-state index in [0.29, 0.717) is 18.0 Å². The van der Waals surface area contributed by atoms with E-state index in [9.17, 15) is 4.79 Å². The zero-order valence-electron chi connectivity index (χ0n) is 13.0. The van der Waals surface area contributed by atoms with Crippen LogP contribution >= 0.6 is 0 Å². The quantitative estimate of drug-likeness (QED) is 0.852. The van der Waals surface area contributed by atoms with Gasteiger partial charge in [0.25, 0.3) is 0 Å². The Balaban J connectivity index is 1.93. The minimum atomic E-state index is -0.486. The lowest BCUT2D eigenvalue weighted by atomic mass is 10.0. The van der Waals surface area contributed by atoms with Crippen molar-refractivity contribution in [2.45, 2.75) is 26.3 Å². The van der Waals surface area contributed by atoms with E-state index in [1.165, 1.54) is 0 Å². The molecule has 2 aromatic carbocycles. The Morgan fingerprint density at radius 3 is 2.23 bits per heavy atom.